The van der Waals surface area contributed by atoms with Crippen molar-refractivity contribution in [3.63, 3.8) is 0 Å². The van der Waals surface area contributed by atoms with Gasteiger partial charge in [0.15, 0.2) is 0 Å². The van der Waals surface area contributed by atoms with Gasteiger partial charge in [-0.05, 0) is 37.1 Å². The molecule has 3 N–H and O–H groups in total. The summed E-state index contributed by atoms with van der Waals surface area (Å²) in [4.78, 5) is 11.9. The molecule has 7 heteroatoms. The van der Waals surface area contributed by atoms with Crippen molar-refractivity contribution in [3.05, 3.63) is 28.8 Å². The molecule has 0 aromatic heterocycles. The minimum atomic E-state index is -3.83. The summed E-state index contributed by atoms with van der Waals surface area (Å²) in [5.74, 6) is -0.344. The SMILES string of the molecule is COCCNC(=O)c1cc(S(N)(=O)=O)cc(C)c1C. The maximum absolute atomic E-state index is 12.0. The normalized spacial score (nSPS) is 11.4. The molecular formula is C12H18N2O4S. The van der Waals surface area contributed by atoms with Gasteiger partial charge in [0.25, 0.3) is 5.91 Å². The Hall–Kier alpha value is -1.44. The van der Waals surface area contributed by atoms with Crippen molar-refractivity contribution in [2.24, 2.45) is 5.14 Å². The molecule has 0 saturated carbocycles. The van der Waals surface area contributed by atoms with Gasteiger partial charge in [-0.25, -0.2) is 13.6 Å². The lowest BCUT2D eigenvalue weighted by molar-refractivity contribution is 0.0936. The van der Waals surface area contributed by atoms with E-state index in [9.17, 15) is 13.2 Å². The van der Waals surface area contributed by atoms with Crippen molar-refractivity contribution in [2.75, 3.05) is 20.3 Å². The highest BCUT2D eigenvalue weighted by Crippen LogP contribution is 2.19. The topological polar surface area (TPSA) is 98.5 Å². The number of hydrogen-bond donors (Lipinski definition) is 2. The standard InChI is InChI=1S/C12H18N2O4S/c1-8-6-10(19(13,16)17)7-11(9(8)2)12(15)14-4-5-18-3/h6-7H,4-5H2,1-3H3,(H,14,15)(H2,13,16,17). The van der Waals surface area contributed by atoms with Gasteiger partial charge in [-0.15, -0.1) is 0 Å². The van der Waals surface area contributed by atoms with Crippen molar-refractivity contribution in [1.29, 1.82) is 0 Å². The molecule has 0 radical (unpaired) electrons. The van der Waals surface area contributed by atoms with Gasteiger partial charge in [-0.1, -0.05) is 0 Å². The van der Waals surface area contributed by atoms with E-state index in [2.05, 4.69) is 5.32 Å². The minimum Gasteiger partial charge on any atom is -0.383 e. The Kier molecular flexibility index (Phi) is 5.04. The van der Waals surface area contributed by atoms with E-state index in [4.69, 9.17) is 9.88 Å². The highest BCUT2D eigenvalue weighted by atomic mass is 32.2. The second-order valence-electron chi connectivity index (χ2n) is 4.21. The molecule has 0 aliphatic rings. The Labute approximate surface area is 113 Å². The van der Waals surface area contributed by atoms with Crippen molar-refractivity contribution in [2.45, 2.75) is 18.7 Å². The highest BCUT2D eigenvalue weighted by molar-refractivity contribution is 7.89. The summed E-state index contributed by atoms with van der Waals surface area (Å²) in [6, 6.07) is 2.75. The van der Waals surface area contributed by atoms with E-state index in [-0.39, 0.29) is 10.8 Å². The molecule has 19 heavy (non-hydrogen) atoms. The molecule has 0 aliphatic carbocycles. The van der Waals surface area contributed by atoms with E-state index in [1.54, 1.807) is 13.8 Å². The molecule has 0 aliphatic heterocycles. The quantitative estimate of drug-likeness (QED) is 0.762. The van der Waals surface area contributed by atoms with Gasteiger partial charge >= 0.3 is 0 Å². The lowest BCUT2D eigenvalue weighted by Crippen LogP contribution is -2.28. The third kappa shape index (κ3) is 4.02. The van der Waals surface area contributed by atoms with Crippen molar-refractivity contribution in [1.82, 2.24) is 5.32 Å². The summed E-state index contributed by atoms with van der Waals surface area (Å²) in [6.07, 6.45) is 0. The molecule has 1 aromatic rings. The van der Waals surface area contributed by atoms with Crippen LogP contribution < -0.4 is 10.5 Å². The highest BCUT2D eigenvalue weighted by Gasteiger charge is 2.16. The Morgan fingerprint density at radius 2 is 2.00 bits per heavy atom. The molecule has 0 bridgehead atoms. The zero-order valence-electron chi connectivity index (χ0n) is 11.2. The number of benzene rings is 1. The van der Waals surface area contributed by atoms with Crippen LogP contribution in [0.3, 0.4) is 0 Å². The maximum Gasteiger partial charge on any atom is 0.251 e. The largest absolute Gasteiger partial charge is 0.383 e. The molecule has 1 rings (SSSR count). The van der Waals surface area contributed by atoms with Gasteiger partial charge in [-0.3, -0.25) is 4.79 Å². The number of aryl methyl sites for hydroxylation is 1. The van der Waals surface area contributed by atoms with Crippen molar-refractivity contribution < 1.29 is 17.9 Å². The molecule has 0 fully saturated rings. The molecule has 6 nitrogen and oxygen atoms in total. The van der Waals surface area contributed by atoms with Crippen LogP contribution in [0, 0.1) is 13.8 Å². The predicted molar refractivity (Wildman–Crippen MR) is 71.5 cm³/mol. The lowest BCUT2D eigenvalue weighted by Gasteiger charge is -2.11. The molecule has 1 aromatic carbocycles. The van der Waals surface area contributed by atoms with Crippen molar-refractivity contribution >= 4 is 15.9 Å². The second-order valence-corrected chi connectivity index (χ2v) is 5.77. The van der Waals surface area contributed by atoms with Crippen LogP contribution in [0.1, 0.15) is 21.5 Å². The van der Waals surface area contributed by atoms with Crippen LogP contribution in [0.2, 0.25) is 0 Å². The molecule has 0 heterocycles. The average Bonchev–Trinajstić information content (AvgIpc) is 2.31. The first-order chi connectivity index (χ1) is 8.77. The smallest absolute Gasteiger partial charge is 0.251 e. The van der Waals surface area contributed by atoms with Crippen LogP contribution in [-0.4, -0.2) is 34.6 Å². The van der Waals surface area contributed by atoms with Crippen LogP contribution in [0.4, 0.5) is 0 Å². The van der Waals surface area contributed by atoms with Gasteiger partial charge in [-0.2, -0.15) is 0 Å². The summed E-state index contributed by atoms with van der Waals surface area (Å²) >= 11 is 0. The number of carbonyl (C=O) groups is 1. The van der Waals surface area contributed by atoms with Gasteiger partial charge < -0.3 is 10.1 Å². The number of sulfonamides is 1. The van der Waals surface area contributed by atoms with Gasteiger partial charge in [0.2, 0.25) is 10.0 Å². The van der Waals surface area contributed by atoms with Gasteiger partial charge in [0.1, 0.15) is 0 Å². The number of nitrogens with two attached hydrogens (primary N) is 1. The number of methoxy groups -OCH3 is 1. The fraction of sp³-hybridized carbons (Fsp3) is 0.417. The van der Waals surface area contributed by atoms with Gasteiger partial charge in [0.05, 0.1) is 11.5 Å². The molecule has 0 saturated heterocycles. The number of ether oxygens (including phenoxy) is 1. The third-order valence-electron chi connectivity index (χ3n) is 2.81. The summed E-state index contributed by atoms with van der Waals surface area (Å²) in [7, 11) is -2.30. The fourth-order valence-corrected chi connectivity index (χ4v) is 2.21. The summed E-state index contributed by atoms with van der Waals surface area (Å²) in [6.45, 7) is 4.23. The first-order valence-corrected chi connectivity index (χ1v) is 7.23. The van der Waals surface area contributed by atoms with Crippen molar-refractivity contribution in [3.8, 4) is 0 Å². The predicted octanol–water partition coefficient (Wildman–Crippen LogP) is 0.327. The van der Waals surface area contributed by atoms with Gasteiger partial charge in [0, 0.05) is 19.2 Å². The molecular weight excluding hydrogens is 268 g/mol. The second kappa shape index (κ2) is 6.14. The molecule has 106 valence electrons. The molecule has 0 spiro atoms. The van der Waals surface area contributed by atoms with E-state index in [1.165, 1.54) is 19.2 Å². The van der Waals surface area contributed by atoms with Crippen LogP contribution in [0.15, 0.2) is 17.0 Å². The Morgan fingerprint density at radius 3 is 2.53 bits per heavy atom. The van der Waals surface area contributed by atoms with E-state index < -0.39 is 10.0 Å². The maximum atomic E-state index is 12.0. The Bertz CT molecular complexity index is 582. The molecule has 0 atom stereocenters. The zero-order chi connectivity index (χ0) is 14.6. The number of rotatable bonds is 5. The van der Waals surface area contributed by atoms with E-state index >= 15 is 0 Å². The van der Waals surface area contributed by atoms with Crippen LogP contribution in [-0.2, 0) is 14.8 Å². The van der Waals surface area contributed by atoms with Crippen LogP contribution in [0.5, 0.6) is 0 Å². The van der Waals surface area contributed by atoms with Crippen LogP contribution >= 0.6 is 0 Å². The number of hydrogen-bond acceptors (Lipinski definition) is 4. The lowest BCUT2D eigenvalue weighted by atomic mass is 10.0. The number of amides is 1. The number of carbonyl (C=O) groups excluding carboxylic acids is 1. The summed E-state index contributed by atoms with van der Waals surface area (Å²) in [5.41, 5.74) is 1.73. The minimum absolute atomic E-state index is 0.0625. The summed E-state index contributed by atoms with van der Waals surface area (Å²) in [5, 5.41) is 7.73. The van der Waals surface area contributed by atoms with Crippen LogP contribution in [0.25, 0.3) is 0 Å². The molecule has 1 amide bonds. The van der Waals surface area contributed by atoms with E-state index in [1.807, 2.05) is 0 Å². The first kappa shape index (κ1) is 15.6. The fourth-order valence-electron chi connectivity index (χ4n) is 1.59. The van der Waals surface area contributed by atoms with E-state index in [0.717, 1.165) is 5.56 Å². The first-order valence-electron chi connectivity index (χ1n) is 5.68. The number of primary sulfonamides is 1. The Morgan fingerprint density at radius 1 is 1.37 bits per heavy atom. The third-order valence-corrected chi connectivity index (χ3v) is 3.70. The monoisotopic (exact) mass is 286 g/mol. The Balaban J connectivity index is 3.13. The number of nitrogens with one attached hydrogen (secondary N) is 1. The van der Waals surface area contributed by atoms with E-state index in [0.29, 0.717) is 24.3 Å². The zero-order valence-corrected chi connectivity index (χ0v) is 12.0. The average molecular weight is 286 g/mol. The summed E-state index contributed by atoms with van der Waals surface area (Å²) < 4.78 is 27.5. The molecule has 0 unspecified atom stereocenters.